The Hall–Kier alpha value is -2.96. The summed E-state index contributed by atoms with van der Waals surface area (Å²) in [6.45, 7) is 2.18. The van der Waals surface area contributed by atoms with Crippen molar-refractivity contribution < 1.29 is 14.1 Å². The van der Waals surface area contributed by atoms with Crippen molar-refractivity contribution in [3.8, 4) is 0 Å². The molecule has 7 nitrogen and oxygen atoms in total. The van der Waals surface area contributed by atoms with Crippen molar-refractivity contribution in [2.45, 2.75) is 32.6 Å². The second-order valence-electron chi connectivity index (χ2n) is 5.29. The largest absolute Gasteiger partial charge is 0.433 e. The summed E-state index contributed by atoms with van der Waals surface area (Å²) in [6.07, 6.45) is 6.16. The Morgan fingerprint density at radius 3 is 2.62 bits per heavy atom. The Kier molecular flexibility index (Phi) is 6.24. The molecule has 0 bridgehead atoms. The van der Waals surface area contributed by atoms with Crippen LogP contribution < -0.4 is 5.43 Å². The van der Waals surface area contributed by atoms with Crippen molar-refractivity contribution in [1.29, 1.82) is 0 Å². The topological polar surface area (TPSA) is 97.7 Å². The van der Waals surface area contributed by atoms with Crippen LogP contribution in [0, 0.1) is 10.1 Å². The molecule has 2 rings (SSSR count). The average molecular weight is 329 g/mol. The molecule has 1 amide bonds. The molecule has 0 radical (unpaired) electrons. The molecule has 0 aliphatic rings. The number of amides is 1. The standard InChI is InChI=1S/C17H19N3O4/c1-2-3-4-5-13-6-8-14(9-7-13)12-18-19-17(21)15-10-11-16(24-15)20(22)23/h6-12H,2-5H2,1H3,(H,19,21)/b18-12+. The van der Waals surface area contributed by atoms with E-state index in [0.717, 1.165) is 18.1 Å². The van der Waals surface area contributed by atoms with Crippen LogP contribution in [-0.4, -0.2) is 17.0 Å². The van der Waals surface area contributed by atoms with E-state index in [2.05, 4.69) is 17.5 Å². The van der Waals surface area contributed by atoms with E-state index in [-0.39, 0.29) is 5.76 Å². The van der Waals surface area contributed by atoms with Gasteiger partial charge < -0.3 is 4.42 Å². The highest BCUT2D eigenvalue weighted by molar-refractivity contribution is 5.92. The molecule has 24 heavy (non-hydrogen) atoms. The number of rotatable bonds is 8. The molecule has 7 heteroatoms. The molecule has 0 saturated heterocycles. The van der Waals surface area contributed by atoms with Gasteiger partial charge in [0.15, 0.2) is 0 Å². The first kappa shape index (κ1) is 17.4. The molecule has 1 N–H and O–H groups in total. The normalized spacial score (nSPS) is 10.9. The first-order valence-electron chi connectivity index (χ1n) is 7.76. The van der Waals surface area contributed by atoms with Gasteiger partial charge in [0.2, 0.25) is 5.76 Å². The van der Waals surface area contributed by atoms with Gasteiger partial charge in [-0.15, -0.1) is 0 Å². The van der Waals surface area contributed by atoms with Crippen LogP contribution in [0.5, 0.6) is 0 Å². The zero-order valence-corrected chi connectivity index (χ0v) is 13.4. The molecule has 0 saturated carbocycles. The maximum absolute atomic E-state index is 11.7. The van der Waals surface area contributed by atoms with Gasteiger partial charge in [-0.25, -0.2) is 5.43 Å². The number of nitro groups is 1. The quantitative estimate of drug-likeness (QED) is 0.345. The third kappa shape index (κ3) is 5.05. The summed E-state index contributed by atoms with van der Waals surface area (Å²) >= 11 is 0. The van der Waals surface area contributed by atoms with E-state index in [1.807, 2.05) is 24.3 Å². The number of carbonyl (C=O) groups excluding carboxylic acids is 1. The molecular formula is C17H19N3O4. The van der Waals surface area contributed by atoms with E-state index < -0.39 is 16.7 Å². The minimum absolute atomic E-state index is 0.162. The minimum Gasteiger partial charge on any atom is -0.395 e. The first-order chi connectivity index (χ1) is 11.6. The lowest BCUT2D eigenvalue weighted by atomic mass is 10.1. The SMILES string of the molecule is CCCCCc1ccc(/C=N/NC(=O)c2ccc([N+](=O)[O-])o2)cc1. The van der Waals surface area contributed by atoms with Crippen molar-refractivity contribution in [3.05, 3.63) is 63.4 Å². The lowest BCUT2D eigenvalue weighted by molar-refractivity contribution is -0.402. The molecule has 126 valence electrons. The molecule has 0 unspecified atom stereocenters. The van der Waals surface area contributed by atoms with Gasteiger partial charge in [-0.05, 0) is 30.0 Å². The van der Waals surface area contributed by atoms with E-state index in [1.165, 1.54) is 37.1 Å². The maximum atomic E-state index is 11.7. The number of hydrogen-bond donors (Lipinski definition) is 1. The van der Waals surface area contributed by atoms with Crippen molar-refractivity contribution in [2.24, 2.45) is 5.10 Å². The summed E-state index contributed by atoms with van der Waals surface area (Å²) in [5, 5.41) is 14.3. The van der Waals surface area contributed by atoms with E-state index in [0.29, 0.717) is 0 Å². The van der Waals surface area contributed by atoms with Crippen molar-refractivity contribution in [2.75, 3.05) is 0 Å². The van der Waals surface area contributed by atoms with Crippen molar-refractivity contribution in [3.63, 3.8) is 0 Å². The highest BCUT2D eigenvalue weighted by atomic mass is 16.6. The summed E-state index contributed by atoms with van der Waals surface area (Å²) in [7, 11) is 0. The summed E-state index contributed by atoms with van der Waals surface area (Å²) < 4.78 is 4.79. The van der Waals surface area contributed by atoms with Gasteiger partial charge in [-0.1, -0.05) is 44.0 Å². The Morgan fingerprint density at radius 1 is 1.25 bits per heavy atom. The van der Waals surface area contributed by atoms with Crippen LogP contribution in [0.25, 0.3) is 0 Å². The summed E-state index contributed by atoms with van der Waals surface area (Å²) in [6, 6.07) is 10.3. The number of aryl methyl sites for hydroxylation is 1. The van der Waals surface area contributed by atoms with Crippen LogP contribution in [0.3, 0.4) is 0 Å². The molecule has 1 aromatic heterocycles. The highest BCUT2D eigenvalue weighted by Crippen LogP contribution is 2.15. The van der Waals surface area contributed by atoms with Gasteiger partial charge in [0, 0.05) is 0 Å². The lowest BCUT2D eigenvalue weighted by Crippen LogP contribution is -2.16. The number of carbonyl (C=O) groups is 1. The Balaban J connectivity index is 1.86. The van der Waals surface area contributed by atoms with E-state index in [1.54, 1.807) is 0 Å². The van der Waals surface area contributed by atoms with Gasteiger partial charge in [0.05, 0.1) is 12.3 Å². The third-order valence-corrected chi connectivity index (χ3v) is 3.42. The summed E-state index contributed by atoms with van der Waals surface area (Å²) in [5.41, 5.74) is 4.39. The number of benzene rings is 1. The Morgan fingerprint density at radius 2 is 2.00 bits per heavy atom. The average Bonchev–Trinajstić information content (AvgIpc) is 3.07. The van der Waals surface area contributed by atoms with Crippen LogP contribution >= 0.6 is 0 Å². The number of unbranched alkanes of at least 4 members (excludes halogenated alkanes) is 2. The smallest absolute Gasteiger partial charge is 0.395 e. The Bertz CT molecular complexity index is 720. The highest BCUT2D eigenvalue weighted by Gasteiger charge is 2.16. The van der Waals surface area contributed by atoms with Crippen molar-refractivity contribution >= 4 is 18.0 Å². The zero-order valence-electron chi connectivity index (χ0n) is 13.4. The molecule has 1 heterocycles. The molecule has 0 fully saturated rings. The summed E-state index contributed by atoms with van der Waals surface area (Å²) in [4.78, 5) is 21.5. The van der Waals surface area contributed by atoms with E-state index >= 15 is 0 Å². The Labute approximate surface area is 139 Å². The monoisotopic (exact) mass is 329 g/mol. The van der Waals surface area contributed by atoms with Gasteiger partial charge in [0.1, 0.15) is 4.92 Å². The van der Waals surface area contributed by atoms with E-state index in [9.17, 15) is 14.9 Å². The van der Waals surface area contributed by atoms with Crippen LogP contribution in [0.15, 0.2) is 45.9 Å². The number of hydrogen-bond acceptors (Lipinski definition) is 5. The fourth-order valence-corrected chi connectivity index (χ4v) is 2.12. The molecule has 2 aromatic rings. The van der Waals surface area contributed by atoms with Crippen LogP contribution in [-0.2, 0) is 6.42 Å². The van der Waals surface area contributed by atoms with Crippen LogP contribution in [0.4, 0.5) is 5.88 Å². The van der Waals surface area contributed by atoms with Gasteiger partial charge in [0.25, 0.3) is 0 Å². The molecule has 0 spiro atoms. The lowest BCUT2D eigenvalue weighted by Gasteiger charge is -2.01. The predicted octanol–water partition coefficient (Wildman–Crippen LogP) is 3.68. The first-order valence-corrected chi connectivity index (χ1v) is 7.76. The predicted molar refractivity (Wildman–Crippen MR) is 90.1 cm³/mol. The van der Waals surface area contributed by atoms with Crippen LogP contribution in [0.1, 0.15) is 47.9 Å². The molecule has 0 aliphatic carbocycles. The van der Waals surface area contributed by atoms with Gasteiger partial charge in [-0.2, -0.15) is 5.10 Å². The van der Waals surface area contributed by atoms with Crippen molar-refractivity contribution in [1.82, 2.24) is 5.43 Å². The molecular weight excluding hydrogens is 310 g/mol. The molecule has 0 atom stereocenters. The third-order valence-electron chi connectivity index (χ3n) is 3.42. The number of furan rings is 1. The maximum Gasteiger partial charge on any atom is 0.433 e. The number of nitrogens with one attached hydrogen (secondary N) is 1. The second kappa shape index (κ2) is 8.61. The fraction of sp³-hybridized carbons (Fsp3) is 0.294. The fourth-order valence-electron chi connectivity index (χ4n) is 2.12. The summed E-state index contributed by atoms with van der Waals surface area (Å²) in [5.74, 6) is -1.29. The van der Waals surface area contributed by atoms with Crippen LogP contribution in [0.2, 0.25) is 0 Å². The zero-order chi connectivity index (χ0) is 17.4. The molecule has 1 aromatic carbocycles. The molecule has 0 aliphatic heterocycles. The van der Waals surface area contributed by atoms with Gasteiger partial charge >= 0.3 is 11.8 Å². The van der Waals surface area contributed by atoms with E-state index in [4.69, 9.17) is 4.42 Å². The minimum atomic E-state index is -0.706. The second-order valence-corrected chi connectivity index (χ2v) is 5.29. The number of hydrazone groups is 1. The number of nitrogens with zero attached hydrogens (tertiary/aromatic N) is 2. The van der Waals surface area contributed by atoms with Gasteiger partial charge in [-0.3, -0.25) is 14.9 Å².